The highest BCUT2D eigenvalue weighted by Crippen LogP contribution is 1.88. The van der Waals surface area contributed by atoms with Gasteiger partial charge in [0.15, 0.2) is 0 Å². The van der Waals surface area contributed by atoms with Crippen molar-refractivity contribution in [2.75, 3.05) is 6.61 Å². The fraction of sp³-hybridized carbons (Fsp3) is 0.667. The fourth-order valence-corrected chi connectivity index (χ4v) is 0.479. The van der Waals surface area contributed by atoms with Gasteiger partial charge in [-0.1, -0.05) is 0 Å². The van der Waals surface area contributed by atoms with Gasteiger partial charge in [-0.05, 0) is 6.42 Å². The highest BCUT2D eigenvalue weighted by atomic mass is 16.5. The lowest BCUT2D eigenvalue weighted by Crippen LogP contribution is -2.11. The maximum atomic E-state index is 10.2. The highest BCUT2D eigenvalue weighted by Gasteiger charge is 1.93. The summed E-state index contributed by atoms with van der Waals surface area (Å²) in [5.74, 6) is -0.157. The molecular weight excluding hydrogens is 132 g/mol. The zero-order valence-corrected chi connectivity index (χ0v) is 6.02. The summed E-state index contributed by atoms with van der Waals surface area (Å²) < 4.78 is 4.60. The molecule has 10 heavy (non-hydrogen) atoms. The second-order valence-electron chi connectivity index (χ2n) is 1.97. The van der Waals surface area contributed by atoms with Crippen LogP contribution in [0.2, 0.25) is 0 Å². The van der Waals surface area contributed by atoms with Gasteiger partial charge in [-0.2, -0.15) is 0 Å². The van der Waals surface area contributed by atoms with E-state index >= 15 is 0 Å². The second kappa shape index (κ2) is 4.78. The van der Waals surface area contributed by atoms with E-state index < -0.39 is 0 Å². The monoisotopic (exact) mass is 144 g/mol. The fourth-order valence-electron chi connectivity index (χ4n) is 0.479. The summed E-state index contributed by atoms with van der Waals surface area (Å²) >= 11 is 0. The summed E-state index contributed by atoms with van der Waals surface area (Å²) in [5.41, 5.74) is 5.05. The molecule has 3 N–H and O–H groups in total. The van der Waals surface area contributed by atoms with Gasteiger partial charge in [-0.25, -0.2) is 0 Å². The van der Waals surface area contributed by atoms with Crippen molar-refractivity contribution in [3.63, 3.8) is 0 Å². The maximum absolute atomic E-state index is 10.2. The SMILES string of the molecule is CC(=O)OCCCC(=N)N. The molecule has 0 saturated heterocycles. The molecule has 4 nitrogen and oxygen atoms in total. The molecule has 0 bridgehead atoms. The van der Waals surface area contributed by atoms with Gasteiger partial charge >= 0.3 is 5.97 Å². The number of amidine groups is 1. The summed E-state index contributed by atoms with van der Waals surface area (Å²) in [7, 11) is 0. The summed E-state index contributed by atoms with van der Waals surface area (Å²) in [4.78, 5) is 10.2. The Hall–Kier alpha value is -1.06. The minimum atomic E-state index is -0.288. The summed E-state index contributed by atoms with van der Waals surface area (Å²) in [6.45, 7) is 1.71. The van der Waals surface area contributed by atoms with Crippen molar-refractivity contribution >= 4 is 11.8 Å². The molecule has 0 unspecified atom stereocenters. The summed E-state index contributed by atoms with van der Waals surface area (Å²) in [6.07, 6.45) is 1.13. The predicted molar refractivity (Wildman–Crippen MR) is 37.8 cm³/mol. The Balaban J connectivity index is 3.06. The van der Waals surface area contributed by atoms with Crippen molar-refractivity contribution < 1.29 is 9.53 Å². The molecule has 0 aromatic heterocycles. The van der Waals surface area contributed by atoms with E-state index in [0.29, 0.717) is 19.4 Å². The lowest BCUT2D eigenvalue weighted by atomic mass is 10.3. The molecule has 0 amide bonds. The summed E-state index contributed by atoms with van der Waals surface area (Å²) in [6, 6.07) is 0. The van der Waals surface area contributed by atoms with Crippen LogP contribution in [0.4, 0.5) is 0 Å². The van der Waals surface area contributed by atoms with Crippen LogP contribution in [0.25, 0.3) is 0 Å². The van der Waals surface area contributed by atoms with Crippen LogP contribution in [-0.4, -0.2) is 18.4 Å². The van der Waals surface area contributed by atoms with Crippen molar-refractivity contribution in [2.24, 2.45) is 5.73 Å². The lowest BCUT2D eigenvalue weighted by Gasteiger charge is -1.99. The molecule has 0 heterocycles. The predicted octanol–water partition coefficient (Wildman–Crippen LogP) is 0.266. The van der Waals surface area contributed by atoms with Crippen molar-refractivity contribution in [2.45, 2.75) is 19.8 Å². The van der Waals surface area contributed by atoms with E-state index in [1.807, 2.05) is 0 Å². The zero-order chi connectivity index (χ0) is 7.98. The van der Waals surface area contributed by atoms with Crippen LogP contribution in [0.3, 0.4) is 0 Å². The number of carbonyl (C=O) groups excluding carboxylic acids is 1. The van der Waals surface area contributed by atoms with Crippen molar-refractivity contribution in [3.8, 4) is 0 Å². The first kappa shape index (κ1) is 8.94. The first-order valence-electron chi connectivity index (χ1n) is 3.09. The molecule has 0 aromatic carbocycles. The highest BCUT2D eigenvalue weighted by molar-refractivity contribution is 5.76. The Morgan fingerprint density at radius 2 is 2.30 bits per heavy atom. The van der Waals surface area contributed by atoms with Crippen molar-refractivity contribution in [3.05, 3.63) is 0 Å². The Morgan fingerprint density at radius 3 is 2.70 bits per heavy atom. The molecule has 0 aromatic rings. The van der Waals surface area contributed by atoms with Gasteiger partial charge in [-0.15, -0.1) is 0 Å². The summed E-state index contributed by atoms with van der Waals surface area (Å²) in [5, 5.41) is 6.82. The molecule has 0 atom stereocenters. The number of nitrogens with two attached hydrogens (primary N) is 1. The first-order chi connectivity index (χ1) is 4.63. The van der Waals surface area contributed by atoms with Crippen LogP contribution in [-0.2, 0) is 9.53 Å². The van der Waals surface area contributed by atoms with Crippen LogP contribution in [0.5, 0.6) is 0 Å². The van der Waals surface area contributed by atoms with Gasteiger partial charge in [0, 0.05) is 13.3 Å². The minimum absolute atomic E-state index is 0.132. The van der Waals surface area contributed by atoms with Gasteiger partial charge < -0.3 is 10.5 Å². The third kappa shape index (κ3) is 6.94. The number of ether oxygens (including phenoxy) is 1. The third-order valence-electron chi connectivity index (χ3n) is 0.896. The molecular formula is C6H12N2O2. The number of carbonyl (C=O) groups is 1. The van der Waals surface area contributed by atoms with Gasteiger partial charge in [0.25, 0.3) is 0 Å². The molecule has 0 aliphatic carbocycles. The van der Waals surface area contributed by atoms with Crippen LogP contribution in [0.15, 0.2) is 0 Å². The molecule has 0 fully saturated rings. The lowest BCUT2D eigenvalue weighted by molar-refractivity contribution is -0.141. The average molecular weight is 144 g/mol. The molecule has 0 rings (SSSR count). The van der Waals surface area contributed by atoms with Gasteiger partial charge in [-0.3, -0.25) is 10.2 Å². The van der Waals surface area contributed by atoms with E-state index in [9.17, 15) is 4.79 Å². The molecule has 0 spiro atoms. The molecule has 0 aliphatic rings. The van der Waals surface area contributed by atoms with Gasteiger partial charge in [0.2, 0.25) is 0 Å². The van der Waals surface area contributed by atoms with Gasteiger partial charge in [0.05, 0.1) is 12.4 Å². The average Bonchev–Trinajstić information content (AvgIpc) is 1.79. The third-order valence-corrected chi connectivity index (χ3v) is 0.896. The quantitative estimate of drug-likeness (QED) is 0.257. The zero-order valence-electron chi connectivity index (χ0n) is 6.02. The minimum Gasteiger partial charge on any atom is -0.466 e. The number of nitrogens with one attached hydrogen (secondary N) is 1. The number of hydrogen-bond donors (Lipinski definition) is 2. The molecule has 4 heteroatoms. The van der Waals surface area contributed by atoms with E-state index in [1.54, 1.807) is 0 Å². The van der Waals surface area contributed by atoms with E-state index in [0.717, 1.165) is 0 Å². The molecule has 0 aliphatic heterocycles. The largest absolute Gasteiger partial charge is 0.466 e. The van der Waals surface area contributed by atoms with Crippen molar-refractivity contribution in [1.29, 1.82) is 5.41 Å². The number of rotatable bonds is 4. The second-order valence-corrected chi connectivity index (χ2v) is 1.97. The van der Waals surface area contributed by atoms with E-state index in [2.05, 4.69) is 4.74 Å². The standard InChI is InChI=1S/C6H12N2O2/c1-5(9)10-4-2-3-6(7)8/h2-4H2,1H3,(H3,7,8). The van der Waals surface area contributed by atoms with Crippen LogP contribution >= 0.6 is 0 Å². The van der Waals surface area contributed by atoms with Crippen LogP contribution in [0.1, 0.15) is 19.8 Å². The maximum Gasteiger partial charge on any atom is 0.302 e. The molecule has 58 valence electrons. The normalized spacial score (nSPS) is 8.90. The van der Waals surface area contributed by atoms with Gasteiger partial charge in [0.1, 0.15) is 0 Å². The van der Waals surface area contributed by atoms with Crippen molar-refractivity contribution in [1.82, 2.24) is 0 Å². The number of esters is 1. The Kier molecular flexibility index (Phi) is 4.28. The Bertz CT molecular complexity index is 118. The molecule has 0 radical (unpaired) electrons. The van der Waals surface area contributed by atoms with Crippen LogP contribution in [0, 0.1) is 5.41 Å². The smallest absolute Gasteiger partial charge is 0.302 e. The van der Waals surface area contributed by atoms with E-state index in [1.165, 1.54) is 6.92 Å². The Labute approximate surface area is 59.9 Å². The number of hydrogen-bond acceptors (Lipinski definition) is 3. The topological polar surface area (TPSA) is 76.2 Å². The van der Waals surface area contributed by atoms with Crippen LogP contribution < -0.4 is 5.73 Å². The van der Waals surface area contributed by atoms with E-state index in [4.69, 9.17) is 11.1 Å². The molecule has 0 saturated carbocycles. The van der Waals surface area contributed by atoms with E-state index in [-0.39, 0.29) is 11.8 Å². The first-order valence-corrected chi connectivity index (χ1v) is 3.09. The Morgan fingerprint density at radius 1 is 1.70 bits per heavy atom.